The number of rotatable bonds is 1. The van der Waals surface area contributed by atoms with Gasteiger partial charge in [-0.25, -0.2) is 4.98 Å². The first-order valence-electron chi connectivity index (χ1n) is 4.35. The molecule has 0 spiro atoms. The highest BCUT2D eigenvalue weighted by Gasteiger charge is 2.04. The Labute approximate surface area is 82.0 Å². The van der Waals surface area contributed by atoms with Crippen LogP contribution in [0.3, 0.4) is 0 Å². The minimum atomic E-state index is 0.255. The van der Waals surface area contributed by atoms with Gasteiger partial charge >= 0.3 is 0 Å². The van der Waals surface area contributed by atoms with Crippen LogP contribution in [0.4, 0.5) is 0 Å². The standard InChI is InChI=1S/C11H11NO2/c1-7-5-8-6-9(13)3-4-10(8)11(12-7)14-2/h3-6,13H,1-2H3. The molecule has 0 radical (unpaired) electrons. The maximum Gasteiger partial charge on any atom is 0.221 e. The van der Waals surface area contributed by atoms with Gasteiger partial charge in [-0.2, -0.15) is 0 Å². The summed E-state index contributed by atoms with van der Waals surface area (Å²) in [7, 11) is 1.59. The molecule has 0 aliphatic carbocycles. The maximum atomic E-state index is 9.32. The molecule has 0 fully saturated rings. The maximum absolute atomic E-state index is 9.32. The largest absolute Gasteiger partial charge is 0.508 e. The van der Waals surface area contributed by atoms with Crippen molar-refractivity contribution in [2.24, 2.45) is 0 Å². The lowest BCUT2D eigenvalue weighted by Crippen LogP contribution is -1.91. The van der Waals surface area contributed by atoms with Crippen molar-refractivity contribution in [2.45, 2.75) is 6.92 Å². The lowest BCUT2D eigenvalue weighted by atomic mass is 10.1. The summed E-state index contributed by atoms with van der Waals surface area (Å²) in [4.78, 5) is 4.25. The molecule has 0 aliphatic heterocycles. The molecule has 0 unspecified atom stereocenters. The number of fused-ring (bicyclic) bond motifs is 1. The summed E-state index contributed by atoms with van der Waals surface area (Å²) in [6.07, 6.45) is 0. The molecule has 0 saturated heterocycles. The van der Waals surface area contributed by atoms with Gasteiger partial charge in [0, 0.05) is 11.1 Å². The van der Waals surface area contributed by atoms with E-state index in [2.05, 4.69) is 4.98 Å². The zero-order valence-electron chi connectivity index (χ0n) is 8.11. The summed E-state index contributed by atoms with van der Waals surface area (Å²) in [5.74, 6) is 0.852. The summed E-state index contributed by atoms with van der Waals surface area (Å²) in [6, 6.07) is 7.04. The number of aromatic nitrogens is 1. The molecule has 72 valence electrons. The molecule has 0 saturated carbocycles. The van der Waals surface area contributed by atoms with E-state index >= 15 is 0 Å². The predicted octanol–water partition coefficient (Wildman–Crippen LogP) is 2.26. The quantitative estimate of drug-likeness (QED) is 0.748. The lowest BCUT2D eigenvalue weighted by Gasteiger charge is -2.05. The van der Waals surface area contributed by atoms with Gasteiger partial charge in [0.1, 0.15) is 5.75 Å². The molecule has 1 heterocycles. The van der Waals surface area contributed by atoms with Crippen LogP contribution in [-0.2, 0) is 0 Å². The van der Waals surface area contributed by atoms with Crippen LogP contribution in [0.15, 0.2) is 24.3 Å². The van der Waals surface area contributed by atoms with Crippen LogP contribution < -0.4 is 4.74 Å². The van der Waals surface area contributed by atoms with E-state index in [-0.39, 0.29) is 5.75 Å². The number of ether oxygens (including phenoxy) is 1. The molecule has 3 heteroatoms. The van der Waals surface area contributed by atoms with E-state index in [0.717, 1.165) is 16.5 Å². The van der Waals surface area contributed by atoms with Gasteiger partial charge in [0.05, 0.1) is 7.11 Å². The van der Waals surface area contributed by atoms with Crippen molar-refractivity contribution in [2.75, 3.05) is 7.11 Å². The highest BCUT2D eigenvalue weighted by atomic mass is 16.5. The molecule has 14 heavy (non-hydrogen) atoms. The van der Waals surface area contributed by atoms with Gasteiger partial charge in [-0.1, -0.05) is 0 Å². The molecular weight excluding hydrogens is 178 g/mol. The monoisotopic (exact) mass is 189 g/mol. The van der Waals surface area contributed by atoms with Crippen molar-refractivity contribution < 1.29 is 9.84 Å². The Kier molecular flexibility index (Phi) is 2.00. The third kappa shape index (κ3) is 1.37. The number of phenols is 1. The number of nitrogens with zero attached hydrogens (tertiary/aromatic N) is 1. The van der Waals surface area contributed by atoms with E-state index in [0.29, 0.717) is 5.88 Å². The van der Waals surface area contributed by atoms with Crippen LogP contribution in [0.2, 0.25) is 0 Å². The molecule has 2 aromatic rings. The average Bonchev–Trinajstić information content (AvgIpc) is 2.15. The lowest BCUT2D eigenvalue weighted by molar-refractivity contribution is 0.402. The third-order valence-electron chi connectivity index (χ3n) is 2.10. The number of aryl methyl sites for hydroxylation is 1. The summed E-state index contributed by atoms with van der Waals surface area (Å²) < 4.78 is 5.16. The van der Waals surface area contributed by atoms with Crippen LogP contribution in [0.1, 0.15) is 5.69 Å². The Morgan fingerprint density at radius 3 is 2.79 bits per heavy atom. The zero-order chi connectivity index (χ0) is 10.1. The second-order valence-electron chi connectivity index (χ2n) is 3.18. The molecule has 1 N–H and O–H groups in total. The number of hydrogen-bond donors (Lipinski definition) is 1. The SMILES string of the molecule is COc1nc(C)cc2cc(O)ccc12. The number of phenolic OH excluding ortho intramolecular Hbond substituents is 1. The van der Waals surface area contributed by atoms with E-state index in [1.54, 1.807) is 25.3 Å². The molecule has 1 aromatic heterocycles. The third-order valence-corrected chi connectivity index (χ3v) is 2.10. The van der Waals surface area contributed by atoms with Crippen molar-refractivity contribution in [3.05, 3.63) is 30.0 Å². The topological polar surface area (TPSA) is 42.4 Å². The summed E-state index contributed by atoms with van der Waals surface area (Å²) in [6.45, 7) is 1.89. The first kappa shape index (κ1) is 8.81. The van der Waals surface area contributed by atoms with E-state index in [9.17, 15) is 5.11 Å². The molecule has 0 atom stereocenters. The molecule has 0 amide bonds. The van der Waals surface area contributed by atoms with Crippen LogP contribution in [0.5, 0.6) is 11.6 Å². The highest BCUT2D eigenvalue weighted by Crippen LogP contribution is 2.27. The van der Waals surface area contributed by atoms with Crippen LogP contribution in [-0.4, -0.2) is 17.2 Å². The minimum absolute atomic E-state index is 0.255. The molecule has 2 rings (SSSR count). The number of benzene rings is 1. The first-order chi connectivity index (χ1) is 6.70. The van der Waals surface area contributed by atoms with Crippen LogP contribution in [0, 0.1) is 6.92 Å². The Balaban J connectivity index is 2.81. The Bertz CT molecular complexity index is 475. The predicted molar refractivity (Wildman–Crippen MR) is 54.7 cm³/mol. The van der Waals surface area contributed by atoms with E-state index in [1.165, 1.54) is 0 Å². The number of methoxy groups -OCH3 is 1. The fraction of sp³-hybridized carbons (Fsp3) is 0.182. The van der Waals surface area contributed by atoms with E-state index < -0.39 is 0 Å². The molecule has 0 bridgehead atoms. The van der Waals surface area contributed by atoms with Gasteiger partial charge in [0.2, 0.25) is 5.88 Å². The van der Waals surface area contributed by atoms with Gasteiger partial charge in [-0.05, 0) is 36.6 Å². The Morgan fingerprint density at radius 1 is 1.29 bits per heavy atom. The Morgan fingerprint density at radius 2 is 2.07 bits per heavy atom. The fourth-order valence-corrected chi connectivity index (χ4v) is 1.50. The van der Waals surface area contributed by atoms with E-state index in [1.807, 2.05) is 13.0 Å². The zero-order valence-corrected chi connectivity index (χ0v) is 8.11. The first-order valence-corrected chi connectivity index (χ1v) is 4.35. The van der Waals surface area contributed by atoms with Crippen molar-refractivity contribution in [1.82, 2.24) is 4.98 Å². The number of aromatic hydroxyl groups is 1. The van der Waals surface area contributed by atoms with Gasteiger partial charge in [-0.3, -0.25) is 0 Å². The van der Waals surface area contributed by atoms with Gasteiger partial charge in [-0.15, -0.1) is 0 Å². The smallest absolute Gasteiger partial charge is 0.221 e. The average molecular weight is 189 g/mol. The fourth-order valence-electron chi connectivity index (χ4n) is 1.50. The Hall–Kier alpha value is -1.77. The van der Waals surface area contributed by atoms with Gasteiger partial charge in [0.15, 0.2) is 0 Å². The number of pyridine rings is 1. The van der Waals surface area contributed by atoms with Crippen molar-refractivity contribution >= 4 is 10.8 Å². The molecule has 3 nitrogen and oxygen atoms in total. The second-order valence-corrected chi connectivity index (χ2v) is 3.18. The van der Waals surface area contributed by atoms with Crippen LogP contribution in [0.25, 0.3) is 10.8 Å². The van der Waals surface area contributed by atoms with Crippen molar-refractivity contribution in [1.29, 1.82) is 0 Å². The molecule has 1 aromatic carbocycles. The van der Waals surface area contributed by atoms with Crippen LogP contribution >= 0.6 is 0 Å². The summed E-state index contributed by atoms with van der Waals surface area (Å²) in [5.41, 5.74) is 0.875. The number of hydrogen-bond acceptors (Lipinski definition) is 3. The second kappa shape index (κ2) is 3.18. The van der Waals surface area contributed by atoms with E-state index in [4.69, 9.17) is 4.74 Å². The molecular formula is C11H11NO2. The summed E-state index contributed by atoms with van der Waals surface area (Å²) in [5, 5.41) is 11.2. The molecule has 0 aliphatic rings. The highest BCUT2D eigenvalue weighted by molar-refractivity contribution is 5.88. The van der Waals surface area contributed by atoms with Crippen molar-refractivity contribution in [3.8, 4) is 11.6 Å². The minimum Gasteiger partial charge on any atom is -0.508 e. The normalized spacial score (nSPS) is 10.4. The van der Waals surface area contributed by atoms with Gasteiger partial charge < -0.3 is 9.84 Å². The van der Waals surface area contributed by atoms with Gasteiger partial charge in [0.25, 0.3) is 0 Å². The van der Waals surface area contributed by atoms with Crippen molar-refractivity contribution in [3.63, 3.8) is 0 Å². The summed E-state index contributed by atoms with van der Waals surface area (Å²) >= 11 is 0.